The van der Waals surface area contributed by atoms with Crippen LogP contribution in [0.25, 0.3) is 16.9 Å². The lowest BCUT2D eigenvalue weighted by atomic mass is 10.0. The highest BCUT2D eigenvalue weighted by Crippen LogP contribution is 2.27. The molecular formula is C22H21N5O2S. The Balaban J connectivity index is 1.82. The Hall–Kier alpha value is -3.52. The fourth-order valence-corrected chi connectivity index (χ4v) is 4.27. The van der Waals surface area contributed by atoms with Gasteiger partial charge in [0.2, 0.25) is 0 Å². The summed E-state index contributed by atoms with van der Waals surface area (Å²) in [5, 5.41) is 5.11. The molecule has 3 N–H and O–H groups in total. The van der Waals surface area contributed by atoms with E-state index in [1.807, 2.05) is 47.8 Å². The molecule has 2 amide bonds. The smallest absolute Gasteiger partial charge is 0.271 e. The molecule has 0 aliphatic rings. The van der Waals surface area contributed by atoms with Gasteiger partial charge in [-0.1, -0.05) is 50.2 Å². The van der Waals surface area contributed by atoms with Crippen LogP contribution < -0.4 is 11.1 Å². The molecule has 1 atom stereocenters. The number of nitrogens with two attached hydrogens (primary N) is 1. The number of nitrogens with zero attached hydrogens (tertiary/aromatic N) is 3. The number of aromatic nitrogens is 3. The van der Waals surface area contributed by atoms with Crippen LogP contribution in [0.5, 0.6) is 0 Å². The number of nitrogens with one attached hydrogen (secondary N) is 1. The van der Waals surface area contributed by atoms with Crippen LogP contribution in [-0.4, -0.2) is 26.2 Å². The van der Waals surface area contributed by atoms with Gasteiger partial charge < -0.3 is 11.1 Å². The standard InChI is InChI=1S/C22H21N5O2S/c1-13(2)18(17-9-6-10-30-17)26-22(29)16-11-15(14-7-4-3-5-8-14)25-21-19(20(23)28)24-12-27(16)21/h3-13,18H,1-2H3,(H2,23,28)(H,26,29). The largest absolute Gasteiger partial charge is 0.364 e. The first-order valence-electron chi connectivity index (χ1n) is 9.53. The predicted molar refractivity (Wildman–Crippen MR) is 116 cm³/mol. The Morgan fingerprint density at radius 1 is 1.13 bits per heavy atom. The lowest BCUT2D eigenvalue weighted by Crippen LogP contribution is -2.32. The summed E-state index contributed by atoms with van der Waals surface area (Å²) in [6.45, 7) is 4.12. The quantitative estimate of drug-likeness (QED) is 0.498. The zero-order valence-electron chi connectivity index (χ0n) is 16.6. The van der Waals surface area contributed by atoms with Crippen molar-refractivity contribution in [2.45, 2.75) is 19.9 Å². The van der Waals surface area contributed by atoms with Crippen molar-refractivity contribution in [3.05, 3.63) is 76.5 Å². The van der Waals surface area contributed by atoms with Crippen LogP contribution in [0.15, 0.2) is 60.2 Å². The highest BCUT2D eigenvalue weighted by atomic mass is 32.1. The van der Waals surface area contributed by atoms with Crippen molar-refractivity contribution < 1.29 is 9.59 Å². The highest BCUT2D eigenvalue weighted by molar-refractivity contribution is 7.10. The number of rotatable bonds is 6. The van der Waals surface area contributed by atoms with Crippen molar-refractivity contribution in [1.82, 2.24) is 19.7 Å². The topological polar surface area (TPSA) is 102 Å². The summed E-state index contributed by atoms with van der Waals surface area (Å²) < 4.78 is 1.51. The van der Waals surface area contributed by atoms with Crippen molar-refractivity contribution in [3.8, 4) is 11.3 Å². The van der Waals surface area contributed by atoms with Gasteiger partial charge in [-0.05, 0) is 23.4 Å². The van der Waals surface area contributed by atoms with Gasteiger partial charge in [0.15, 0.2) is 11.3 Å². The van der Waals surface area contributed by atoms with Crippen LogP contribution in [0.3, 0.4) is 0 Å². The molecule has 1 unspecified atom stereocenters. The van der Waals surface area contributed by atoms with Gasteiger partial charge in [0, 0.05) is 10.4 Å². The Labute approximate surface area is 177 Å². The summed E-state index contributed by atoms with van der Waals surface area (Å²) in [5.41, 5.74) is 7.48. The third-order valence-electron chi connectivity index (χ3n) is 4.84. The molecule has 4 rings (SSSR count). The van der Waals surface area contributed by atoms with E-state index in [1.165, 1.54) is 10.7 Å². The number of hydrogen-bond acceptors (Lipinski definition) is 5. The van der Waals surface area contributed by atoms with E-state index >= 15 is 0 Å². The van der Waals surface area contributed by atoms with Crippen molar-refractivity contribution in [3.63, 3.8) is 0 Å². The zero-order valence-corrected chi connectivity index (χ0v) is 17.4. The number of thiophene rings is 1. The SMILES string of the molecule is CC(C)C(NC(=O)c1cc(-c2ccccc2)nc2c(C(N)=O)ncn12)c1cccs1. The van der Waals surface area contributed by atoms with Crippen molar-refractivity contribution in [1.29, 1.82) is 0 Å². The molecule has 0 saturated carbocycles. The molecule has 30 heavy (non-hydrogen) atoms. The van der Waals surface area contributed by atoms with Gasteiger partial charge >= 0.3 is 0 Å². The monoisotopic (exact) mass is 419 g/mol. The Kier molecular flexibility index (Phi) is 5.33. The molecule has 0 spiro atoms. The minimum atomic E-state index is -0.694. The molecular weight excluding hydrogens is 398 g/mol. The fourth-order valence-electron chi connectivity index (χ4n) is 3.33. The van der Waals surface area contributed by atoms with E-state index in [2.05, 4.69) is 29.1 Å². The maximum atomic E-state index is 13.3. The predicted octanol–water partition coefficient (Wildman–Crippen LogP) is 3.68. The van der Waals surface area contributed by atoms with E-state index in [0.29, 0.717) is 11.4 Å². The number of benzene rings is 1. The van der Waals surface area contributed by atoms with Gasteiger partial charge in [0.1, 0.15) is 12.0 Å². The molecule has 0 radical (unpaired) electrons. The van der Waals surface area contributed by atoms with Crippen LogP contribution >= 0.6 is 11.3 Å². The number of carbonyl (C=O) groups is 2. The van der Waals surface area contributed by atoms with E-state index in [4.69, 9.17) is 5.73 Å². The van der Waals surface area contributed by atoms with Gasteiger partial charge in [-0.3, -0.25) is 14.0 Å². The molecule has 3 heterocycles. The molecule has 152 valence electrons. The van der Waals surface area contributed by atoms with Gasteiger partial charge in [0.25, 0.3) is 11.8 Å². The summed E-state index contributed by atoms with van der Waals surface area (Å²) in [6, 6.07) is 15.0. The summed E-state index contributed by atoms with van der Waals surface area (Å²) in [5.74, 6) is -0.775. The number of carbonyl (C=O) groups excluding carboxylic acids is 2. The van der Waals surface area contributed by atoms with Crippen LogP contribution in [0, 0.1) is 5.92 Å². The molecule has 0 bridgehead atoms. The molecule has 1 aromatic carbocycles. The third-order valence-corrected chi connectivity index (χ3v) is 5.80. The van der Waals surface area contributed by atoms with E-state index in [9.17, 15) is 9.59 Å². The minimum Gasteiger partial charge on any atom is -0.364 e. The average molecular weight is 420 g/mol. The van der Waals surface area contributed by atoms with Crippen LogP contribution in [0.4, 0.5) is 0 Å². The second kappa shape index (κ2) is 8.08. The van der Waals surface area contributed by atoms with Crippen LogP contribution in [0.2, 0.25) is 0 Å². The molecule has 7 nitrogen and oxygen atoms in total. The Bertz CT molecular complexity index is 1200. The van der Waals surface area contributed by atoms with Crippen molar-refractivity contribution >= 4 is 28.8 Å². The summed E-state index contributed by atoms with van der Waals surface area (Å²) in [4.78, 5) is 34.9. The Morgan fingerprint density at radius 3 is 2.53 bits per heavy atom. The molecule has 0 aliphatic heterocycles. The van der Waals surface area contributed by atoms with E-state index in [0.717, 1.165) is 10.4 Å². The molecule has 3 aromatic heterocycles. The van der Waals surface area contributed by atoms with E-state index in [1.54, 1.807) is 17.4 Å². The summed E-state index contributed by atoms with van der Waals surface area (Å²) in [6.07, 6.45) is 1.40. The van der Waals surface area contributed by atoms with Crippen molar-refractivity contribution in [2.75, 3.05) is 0 Å². The lowest BCUT2D eigenvalue weighted by Gasteiger charge is -2.21. The van der Waals surface area contributed by atoms with Gasteiger partial charge in [-0.15, -0.1) is 11.3 Å². The van der Waals surface area contributed by atoms with Crippen molar-refractivity contribution in [2.24, 2.45) is 11.7 Å². The van der Waals surface area contributed by atoms with Crippen LogP contribution in [0.1, 0.15) is 45.7 Å². The molecule has 0 aliphatic carbocycles. The normalized spacial score (nSPS) is 12.2. The second-order valence-corrected chi connectivity index (χ2v) is 8.23. The van der Waals surface area contributed by atoms with Gasteiger partial charge in [-0.2, -0.15) is 0 Å². The van der Waals surface area contributed by atoms with E-state index in [-0.39, 0.29) is 29.2 Å². The average Bonchev–Trinajstić information content (AvgIpc) is 3.41. The summed E-state index contributed by atoms with van der Waals surface area (Å²) in [7, 11) is 0. The van der Waals surface area contributed by atoms with Gasteiger partial charge in [-0.25, -0.2) is 9.97 Å². The van der Waals surface area contributed by atoms with Gasteiger partial charge in [0.05, 0.1) is 11.7 Å². The number of imidazole rings is 1. The summed E-state index contributed by atoms with van der Waals surface area (Å²) >= 11 is 1.60. The van der Waals surface area contributed by atoms with Crippen LogP contribution in [-0.2, 0) is 0 Å². The first-order chi connectivity index (χ1) is 14.5. The second-order valence-electron chi connectivity index (χ2n) is 7.25. The maximum Gasteiger partial charge on any atom is 0.271 e. The third kappa shape index (κ3) is 3.69. The Morgan fingerprint density at radius 2 is 1.90 bits per heavy atom. The number of amides is 2. The number of hydrogen-bond donors (Lipinski definition) is 2. The first-order valence-corrected chi connectivity index (χ1v) is 10.4. The highest BCUT2D eigenvalue weighted by Gasteiger charge is 2.24. The minimum absolute atomic E-state index is 0.0282. The molecule has 0 saturated heterocycles. The zero-order chi connectivity index (χ0) is 21.3. The number of primary amides is 1. The van der Waals surface area contributed by atoms with E-state index < -0.39 is 5.91 Å². The fraction of sp³-hybridized carbons (Fsp3) is 0.182. The number of fused-ring (bicyclic) bond motifs is 1. The lowest BCUT2D eigenvalue weighted by molar-refractivity contribution is 0.0919. The first kappa shape index (κ1) is 19.8. The molecule has 8 heteroatoms. The maximum absolute atomic E-state index is 13.3. The molecule has 0 fully saturated rings. The molecule has 4 aromatic rings.